The highest BCUT2D eigenvalue weighted by Crippen LogP contribution is 2.27. The third-order valence-corrected chi connectivity index (χ3v) is 6.11. The smallest absolute Gasteiger partial charge is 0.309 e. The zero-order valence-electron chi connectivity index (χ0n) is 19.9. The number of anilines is 4. The second kappa shape index (κ2) is 11.4. The lowest BCUT2D eigenvalue weighted by Gasteiger charge is -2.32. The fraction of sp³-hybridized carbons (Fsp3) is 0.296. The first-order valence-corrected chi connectivity index (χ1v) is 11.9. The van der Waals surface area contributed by atoms with E-state index in [1.165, 1.54) is 6.20 Å². The Balaban J connectivity index is 1.39. The topological polar surface area (TPSA) is 110 Å². The maximum absolute atomic E-state index is 12.0. The first-order valence-electron chi connectivity index (χ1n) is 11.9. The number of carbonyl (C=O) groups excluding carboxylic acids is 2. The molecule has 0 unspecified atom stereocenters. The molecule has 1 saturated heterocycles. The minimum atomic E-state index is -0.532. The average Bonchev–Trinajstić information content (AvgIpc) is 2.89. The van der Waals surface area contributed by atoms with E-state index < -0.39 is 5.91 Å². The first-order chi connectivity index (χ1) is 17.0. The monoisotopic (exact) mass is 473 g/mol. The van der Waals surface area contributed by atoms with Crippen LogP contribution in [0.2, 0.25) is 0 Å². The number of ether oxygens (including phenoxy) is 1. The van der Waals surface area contributed by atoms with E-state index in [1.54, 1.807) is 6.07 Å². The molecule has 4 N–H and O–H groups in total. The van der Waals surface area contributed by atoms with Gasteiger partial charge in [0.05, 0.1) is 23.8 Å². The SMILES string of the molecule is CCOC(=O)C1CCN(c2ccc(Nc3cc(NCc4ccccc4)c(C(N)=O)cn3)cc2)CC1. The number of carbonyl (C=O) groups is 2. The third-order valence-electron chi connectivity index (χ3n) is 6.11. The van der Waals surface area contributed by atoms with Crippen LogP contribution in [0.4, 0.5) is 22.9 Å². The third kappa shape index (κ3) is 6.29. The molecule has 1 aliphatic rings. The molecular weight excluding hydrogens is 442 g/mol. The number of hydrogen-bond acceptors (Lipinski definition) is 7. The summed E-state index contributed by atoms with van der Waals surface area (Å²) in [6, 6.07) is 19.8. The molecule has 8 nitrogen and oxygen atoms in total. The van der Waals surface area contributed by atoms with Gasteiger partial charge in [0.2, 0.25) is 0 Å². The molecule has 4 rings (SSSR count). The lowest BCUT2D eigenvalue weighted by Crippen LogP contribution is -2.36. The lowest BCUT2D eigenvalue weighted by molar-refractivity contribution is -0.148. The van der Waals surface area contributed by atoms with Crippen LogP contribution in [-0.4, -0.2) is 36.6 Å². The molecule has 3 aromatic rings. The maximum Gasteiger partial charge on any atom is 0.309 e. The number of primary amides is 1. The predicted octanol–water partition coefficient (Wildman–Crippen LogP) is 4.32. The Bertz CT molecular complexity index is 1140. The molecule has 35 heavy (non-hydrogen) atoms. The molecule has 1 aliphatic heterocycles. The van der Waals surface area contributed by atoms with E-state index in [4.69, 9.17) is 10.5 Å². The first kappa shape index (κ1) is 24.1. The van der Waals surface area contributed by atoms with Gasteiger partial charge in [-0.3, -0.25) is 9.59 Å². The summed E-state index contributed by atoms with van der Waals surface area (Å²) in [6.07, 6.45) is 3.08. The molecule has 2 heterocycles. The summed E-state index contributed by atoms with van der Waals surface area (Å²) in [4.78, 5) is 30.5. The number of benzene rings is 2. The highest BCUT2D eigenvalue weighted by molar-refractivity contribution is 5.98. The largest absolute Gasteiger partial charge is 0.466 e. The average molecular weight is 474 g/mol. The standard InChI is InChI=1S/C27H31N5O3/c1-2-35-27(34)20-12-14-32(15-13-20)22-10-8-21(9-11-22)31-25-16-24(23(18-30-25)26(28)33)29-17-19-6-4-3-5-7-19/h3-11,16,18,20H,2,12-15,17H2,1H3,(H2,28,33)(H2,29,30,31). The molecule has 1 aromatic heterocycles. The number of nitrogens with one attached hydrogen (secondary N) is 2. The number of esters is 1. The molecule has 182 valence electrons. The number of hydrogen-bond donors (Lipinski definition) is 3. The van der Waals surface area contributed by atoms with Crippen molar-refractivity contribution in [1.82, 2.24) is 4.98 Å². The van der Waals surface area contributed by atoms with Gasteiger partial charge in [-0.05, 0) is 49.6 Å². The summed E-state index contributed by atoms with van der Waals surface area (Å²) in [6.45, 7) is 4.47. The van der Waals surface area contributed by atoms with Crippen molar-refractivity contribution in [3.63, 3.8) is 0 Å². The van der Waals surface area contributed by atoms with Crippen molar-refractivity contribution in [2.24, 2.45) is 11.7 Å². The van der Waals surface area contributed by atoms with Gasteiger partial charge in [-0.15, -0.1) is 0 Å². The molecule has 0 aliphatic carbocycles. The normalized spacial score (nSPS) is 13.8. The summed E-state index contributed by atoms with van der Waals surface area (Å²) in [7, 11) is 0. The Morgan fingerprint density at radius 1 is 1.09 bits per heavy atom. The summed E-state index contributed by atoms with van der Waals surface area (Å²) in [5, 5.41) is 6.58. The molecule has 0 radical (unpaired) electrons. The Morgan fingerprint density at radius 2 is 1.80 bits per heavy atom. The number of aromatic nitrogens is 1. The van der Waals surface area contributed by atoms with Gasteiger partial charge in [-0.2, -0.15) is 0 Å². The predicted molar refractivity (Wildman–Crippen MR) is 138 cm³/mol. The van der Waals surface area contributed by atoms with Gasteiger partial charge in [0.15, 0.2) is 0 Å². The van der Waals surface area contributed by atoms with Crippen molar-refractivity contribution in [3.05, 3.63) is 78.0 Å². The Hall–Kier alpha value is -4.07. The van der Waals surface area contributed by atoms with Crippen molar-refractivity contribution >= 4 is 34.8 Å². The van der Waals surface area contributed by atoms with Crippen LogP contribution in [0.25, 0.3) is 0 Å². The van der Waals surface area contributed by atoms with E-state index in [2.05, 4.69) is 32.7 Å². The van der Waals surface area contributed by atoms with Crippen LogP contribution in [0.5, 0.6) is 0 Å². The number of amides is 1. The molecule has 2 aromatic carbocycles. The van der Waals surface area contributed by atoms with Crippen LogP contribution in [0.3, 0.4) is 0 Å². The molecule has 0 spiro atoms. The Morgan fingerprint density at radius 3 is 2.46 bits per heavy atom. The van der Waals surface area contributed by atoms with E-state index in [0.29, 0.717) is 30.2 Å². The number of pyridine rings is 1. The molecule has 0 saturated carbocycles. The van der Waals surface area contributed by atoms with Crippen LogP contribution < -0.4 is 21.3 Å². The van der Waals surface area contributed by atoms with Crippen LogP contribution in [0.15, 0.2) is 66.9 Å². The number of nitrogens with zero attached hydrogens (tertiary/aromatic N) is 2. The highest BCUT2D eigenvalue weighted by atomic mass is 16.5. The lowest BCUT2D eigenvalue weighted by atomic mass is 9.96. The number of piperidine rings is 1. The van der Waals surface area contributed by atoms with Gasteiger partial charge < -0.3 is 26.0 Å². The van der Waals surface area contributed by atoms with Crippen molar-refractivity contribution in [3.8, 4) is 0 Å². The Labute approximate surface area is 205 Å². The quantitative estimate of drug-likeness (QED) is 0.397. The van der Waals surface area contributed by atoms with Crippen molar-refractivity contribution < 1.29 is 14.3 Å². The molecule has 1 fully saturated rings. The van der Waals surface area contributed by atoms with Gasteiger partial charge >= 0.3 is 5.97 Å². The van der Waals surface area contributed by atoms with E-state index in [-0.39, 0.29) is 11.9 Å². The fourth-order valence-electron chi connectivity index (χ4n) is 4.20. The molecule has 1 amide bonds. The van der Waals surface area contributed by atoms with E-state index in [0.717, 1.165) is 42.9 Å². The molecule has 0 bridgehead atoms. The minimum Gasteiger partial charge on any atom is -0.466 e. The zero-order valence-corrected chi connectivity index (χ0v) is 19.9. The minimum absolute atomic E-state index is 0.00807. The molecule has 0 atom stereocenters. The summed E-state index contributed by atoms with van der Waals surface area (Å²) in [5.74, 6) is -0.0188. The van der Waals surface area contributed by atoms with Crippen molar-refractivity contribution in [2.45, 2.75) is 26.3 Å². The van der Waals surface area contributed by atoms with Crippen LogP contribution in [-0.2, 0) is 16.1 Å². The summed E-state index contributed by atoms with van der Waals surface area (Å²) >= 11 is 0. The second-order valence-electron chi connectivity index (χ2n) is 8.50. The van der Waals surface area contributed by atoms with E-state index >= 15 is 0 Å². The summed E-state index contributed by atoms with van der Waals surface area (Å²) in [5.41, 5.74) is 9.59. The number of nitrogens with two attached hydrogens (primary N) is 1. The molecular formula is C27H31N5O3. The summed E-state index contributed by atoms with van der Waals surface area (Å²) < 4.78 is 5.16. The van der Waals surface area contributed by atoms with Gasteiger partial charge in [0.25, 0.3) is 5.91 Å². The van der Waals surface area contributed by atoms with Crippen LogP contribution in [0, 0.1) is 5.92 Å². The number of rotatable bonds is 9. The second-order valence-corrected chi connectivity index (χ2v) is 8.50. The van der Waals surface area contributed by atoms with Gasteiger partial charge in [-0.25, -0.2) is 4.98 Å². The van der Waals surface area contributed by atoms with Crippen molar-refractivity contribution in [1.29, 1.82) is 0 Å². The van der Waals surface area contributed by atoms with E-state index in [1.807, 2.05) is 49.4 Å². The van der Waals surface area contributed by atoms with Crippen LogP contribution in [0.1, 0.15) is 35.7 Å². The van der Waals surface area contributed by atoms with Crippen LogP contribution >= 0.6 is 0 Å². The maximum atomic E-state index is 12.0. The Kier molecular flexibility index (Phi) is 7.82. The zero-order chi connectivity index (χ0) is 24.6. The van der Waals surface area contributed by atoms with Gasteiger partial charge in [-0.1, -0.05) is 30.3 Å². The fourth-order valence-corrected chi connectivity index (χ4v) is 4.20. The molecule has 8 heteroatoms. The highest BCUT2D eigenvalue weighted by Gasteiger charge is 2.26. The van der Waals surface area contributed by atoms with Gasteiger partial charge in [0.1, 0.15) is 5.82 Å². The van der Waals surface area contributed by atoms with Gasteiger partial charge in [0, 0.05) is 43.3 Å². The van der Waals surface area contributed by atoms with Crippen molar-refractivity contribution in [2.75, 3.05) is 35.2 Å². The van der Waals surface area contributed by atoms with E-state index in [9.17, 15) is 9.59 Å².